The predicted octanol–water partition coefficient (Wildman–Crippen LogP) is 3.38. The van der Waals surface area contributed by atoms with Crippen molar-refractivity contribution in [2.24, 2.45) is 5.92 Å². The molecule has 0 N–H and O–H groups in total. The molecule has 0 spiro atoms. The monoisotopic (exact) mass is 268 g/mol. The number of rotatable bonds is 9. The lowest BCUT2D eigenvalue weighted by Gasteiger charge is -2.15. The second-order valence-corrected chi connectivity index (χ2v) is 4.61. The molecule has 0 aromatic carbocycles. The number of esters is 2. The number of hydrogen-bond donors (Lipinski definition) is 0. The van der Waals surface area contributed by atoms with Gasteiger partial charge in [-0.25, -0.2) is 9.59 Å². The topological polar surface area (TPSA) is 52.6 Å². The molecule has 0 rings (SSSR count). The van der Waals surface area contributed by atoms with Crippen LogP contribution in [0, 0.1) is 5.92 Å². The zero-order valence-corrected chi connectivity index (χ0v) is 12.2. The highest BCUT2D eigenvalue weighted by Gasteiger charge is 2.16. The standard InChI is InChI=1S/C15H24O4/c1-6-8-9-13(7-2)10-18-15(17)12(5)19-14(16)11(3)4/h13H,3,5-10H2,1-2,4H3. The van der Waals surface area contributed by atoms with E-state index >= 15 is 0 Å². The number of unbranched alkanes of at least 4 members (excludes halogenated alkanes) is 1. The molecule has 0 amide bonds. The smallest absolute Gasteiger partial charge is 0.373 e. The lowest BCUT2D eigenvalue weighted by atomic mass is 10.0. The summed E-state index contributed by atoms with van der Waals surface area (Å²) in [7, 11) is 0. The van der Waals surface area contributed by atoms with E-state index in [1.807, 2.05) is 0 Å². The molecule has 108 valence electrons. The van der Waals surface area contributed by atoms with Crippen molar-refractivity contribution in [2.75, 3.05) is 6.61 Å². The fraction of sp³-hybridized carbons (Fsp3) is 0.600. The predicted molar refractivity (Wildman–Crippen MR) is 74.3 cm³/mol. The molecule has 19 heavy (non-hydrogen) atoms. The van der Waals surface area contributed by atoms with Crippen LogP contribution in [0.25, 0.3) is 0 Å². The molecule has 4 heteroatoms. The highest BCUT2D eigenvalue weighted by Crippen LogP contribution is 2.14. The fourth-order valence-corrected chi connectivity index (χ4v) is 1.41. The third kappa shape index (κ3) is 7.44. The second kappa shape index (κ2) is 9.36. The van der Waals surface area contributed by atoms with Crippen molar-refractivity contribution >= 4 is 11.9 Å². The molecule has 0 aliphatic rings. The summed E-state index contributed by atoms with van der Waals surface area (Å²) in [5.41, 5.74) is 0.211. The van der Waals surface area contributed by atoms with Gasteiger partial charge in [-0.15, -0.1) is 0 Å². The first-order valence-electron chi connectivity index (χ1n) is 6.66. The number of hydrogen-bond acceptors (Lipinski definition) is 4. The second-order valence-electron chi connectivity index (χ2n) is 4.61. The Balaban J connectivity index is 4.11. The Bertz CT molecular complexity index is 344. The summed E-state index contributed by atoms with van der Waals surface area (Å²) in [6.45, 7) is 12.8. The Morgan fingerprint density at radius 2 is 1.79 bits per heavy atom. The first-order valence-corrected chi connectivity index (χ1v) is 6.66. The minimum Gasteiger partial charge on any atom is -0.460 e. The Labute approximate surface area is 115 Å². The summed E-state index contributed by atoms with van der Waals surface area (Å²) in [6.07, 6.45) is 4.21. The van der Waals surface area contributed by atoms with Gasteiger partial charge >= 0.3 is 11.9 Å². The van der Waals surface area contributed by atoms with Crippen LogP contribution >= 0.6 is 0 Å². The van der Waals surface area contributed by atoms with E-state index in [4.69, 9.17) is 9.47 Å². The van der Waals surface area contributed by atoms with E-state index in [0.717, 1.165) is 25.7 Å². The Morgan fingerprint density at radius 3 is 2.26 bits per heavy atom. The van der Waals surface area contributed by atoms with Gasteiger partial charge in [0.05, 0.1) is 6.61 Å². The van der Waals surface area contributed by atoms with Gasteiger partial charge in [-0.2, -0.15) is 0 Å². The Morgan fingerprint density at radius 1 is 1.16 bits per heavy atom. The van der Waals surface area contributed by atoms with Crippen molar-refractivity contribution in [2.45, 2.75) is 46.5 Å². The van der Waals surface area contributed by atoms with Crippen LogP contribution in [-0.2, 0) is 19.1 Å². The molecule has 0 bridgehead atoms. The molecular weight excluding hydrogens is 244 g/mol. The average molecular weight is 268 g/mol. The highest BCUT2D eigenvalue weighted by atomic mass is 16.6. The molecule has 0 aromatic heterocycles. The van der Waals surface area contributed by atoms with Gasteiger partial charge in [0.1, 0.15) is 0 Å². The van der Waals surface area contributed by atoms with Crippen molar-refractivity contribution in [1.82, 2.24) is 0 Å². The highest BCUT2D eigenvalue weighted by molar-refractivity contribution is 5.93. The van der Waals surface area contributed by atoms with Gasteiger partial charge < -0.3 is 9.47 Å². The molecule has 0 heterocycles. The summed E-state index contributed by atoms with van der Waals surface area (Å²) in [5, 5.41) is 0. The van der Waals surface area contributed by atoms with Crippen LogP contribution in [0.5, 0.6) is 0 Å². The van der Waals surface area contributed by atoms with Crippen molar-refractivity contribution in [1.29, 1.82) is 0 Å². The molecule has 1 atom stereocenters. The fourth-order valence-electron chi connectivity index (χ4n) is 1.41. The summed E-state index contributed by atoms with van der Waals surface area (Å²) < 4.78 is 9.80. The lowest BCUT2D eigenvalue weighted by Crippen LogP contribution is -2.18. The van der Waals surface area contributed by atoms with Crippen molar-refractivity contribution in [3.05, 3.63) is 24.5 Å². The molecule has 0 saturated heterocycles. The summed E-state index contributed by atoms with van der Waals surface area (Å²) in [5.74, 6) is -1.31. The maximum Gasteiger partial charge on any atom is 0.373 e. The van der Waals surface area contributed by atoms with Crippen LogP contribution in [0.3, 0.4) is 0 Å². The third-order valence-corrected chi connectivity index (χ3v) is 2.79. The average Bonchev–Trinajstić information content (AvgIpc) is 2.38. The minimum absolute atomic E-state index is 0.211. The maximum absolute atomic E-state index is 11.6. The normalized spacial score (nSPS) is 11.5. The molecule has 4 nitrogen and oxygen atoms in total. The van der Waals surface area contributed by atoms with E-state index in [9.17, 15) is 9.59 Å². The molecular formula is C15H24O4. The van der Waals surface area contributed by atoms with Crippen LogP contribution in [0.15, 0.2) is 24.5 Å². The van der Waals surface area contributed by atoms with E-state index in [2.05, 4.69) is 27.0 Å². The van der Waals surface area contributed by atoms with E-state index in [0.29, 0.717) is 12.5 Å². The number of carbonyl (C=O) groups is 2. The zero-order valence-electron chi connectivity index (χ0n) is 12.2. The lowest BCUT2D eigenvalue weighted by molar-refractivity contribution is -0.150. The molecule has 0 aromatic rings. The van der Waals surface area contributed by atoms with Gasteiger partial charge in [-0.3, -0.25) is 0 Å². The SMILES string of the molecule is C=C(C)C(=O)OC(=C)C(=O)OCC(CC)CCCC. The largest absolute Gasteiger partial charge is 0.460 e. The summed E-state index contributed by atoms with van der Waals surface area (Å²) in [6, 6.07) is 0. The number of ether oxygens (including phenoxy) is 2. The molecule has 0 aliphatic carbocycles. The quantitative estimate of drug-likeness (QED) is 0.365. The molecule has 0 aliphatic heterocycles. The van der Waals surface area contributed by atoms with Crippen LogP contribution in [-0.4, -0.2) is 18.5 Å². The van der Waals surface area contributed by atoms with Crippen LogP contribution in [0.4, 0.5) is 0 Å². The molecule has 0 radical (unpaired) electrons. The van der Waals surface area contributed by atoms with E-state index in [1.54, 1.807) is 0 Å². The maximum atomic E-state index is 11.6. The van der Waals surface area contributed by atoms with Gasteiger partial charge in [0.25, 0.3) is 0 Å². The molecule has 0 saturated carbocycles. The van der Waals surface area contributed by atoms with Crippen LogP contribution < -0.4 is 0 Å². The van der Waals surface area contributed by atoms with E-state index in [-0.39, 0.29) is 11.3 Å². The van der Waals surface area contributed by atoms with E-state index in [1.165, 1.54) is 6.92 Å². The summed E-state index contributed by atoms with van der Waals surface area (Å²) >= 11 is 0. The zero-order chi connectivity index (χ0) is 14.8. The third-order valence-electron chi connectivity index (χ3n) is 2.79. The van der Waals surface area contributed by atoms with Gasteiger partial charge in [-0.05, 0) is 25.8 Å². The van der Waals surface area contributed by atoms with Gasteiger partial charge in [-0.1, -0.05) is 39.7 Å². The molecule has 1 unspecified atom stereocenters. The minimum atomic E-state index is -0.690. The van der Waals surface area contributed by atoms with E-state index < -0.39 is 11.9 Å². The van der Waals surface area contributed by atoms with Crippen LogP contribution in [0.2, 0.25) is 0 Å². The van der Waals surface area contributed by atoms with Crippen molar-refractivity contribution in [3.63, 3.8) is 0 Å². The van der Waals surface area contributed by atoms with Gasteiger partial charge in [0, 0.05) is 5.57 Å². The van der Waals surface area contributed by atoms with Gasteiger partial charge in [0.15, 0.2) is 0 Å². The first-order chi connectivity index (χ1) is 8.92. The first kappa shape index (κ1) is 17.4. The van der Waals surface area contributed by atoms with Crippen LogP contribution in [0.1, 0.15) is 46.5 Å². The Kier molecular flexibility index (Phi) is 8.58. The number of carbonyl (C=O) groups excluding carboxylic acids is 2. The van der Waals surface area contributed by atoms with Crippen molar-refractivity contribution in [3.8, 4) is 0 Å². The Hall–Kier alpha value is -1.58. The summed E-state index contributed by atoms with van der Waals surface area (Å²) in [4.78, 5) is 22.8. The molecule has 0 fully saturated rings. The van der Waals surface area contributed by atoms with Crippen molar-refractivity contribution < 1.29 is 19.1 Å². The van der Waals surface area contributed by atoms with Gasteiger partial charge in [0.2, 0.25) is 5.76 Å².